The van der Waals surface area contributed by atoms with Crippen molar-refractivity contribution in [2.24, 2.45) is 5.73 Å². The molecule has 1 unspecified atom stereocenters. The minimum absolute atomic E-state index is 0.113. The molecule has 1 fully saturated rings. The maximum atomic E-state index is 5.95. The highest BCUT2D eigenvalue weighted by Gasteiger charge is 2.20. The van der Waals surface area contributed by atoms with E-state index in [1.165, 1.54) is 0 Å². The van der Waals surface area contributed by atoms with Crippen molar-refractivity contribution in [1.29, 1.82) is 0 Å². The molecule has 1 heterocycles. The summed E-state index contributed by atoms with van der Waals surface area (Å²) in [6, 6.07) is 5.81. The van der Waals surface area contributed by atoms with Gasteiger partial charge in [-0.1, -0.05) is 12.1 Å². The van der Waals surface area contributed by atoms with E-state index in [0.717, 1.165) is 30.1 Å². The molecule has 94 valence electrons. The molecule has 2 N–H and O–H groups in total. The van der Waals surface area contributed by atoms with Crippen LogP contribution in [0.15, 0.2) is 18.2 Å². The molecule has 1 aromatic carbocycles. The van der Waals surface area contributed by atoms with Crippen LogP contribution in [-0.2, 0) is 11.3 Å². The van der Waals surface area contributed by atoms with Gasteiger partial charge in [-0.3, -0.25) is 0 Å². The van der Waals surface area contributed by atoms with Crippen LogP contribution in [0.4, 0.5) is 0 Å². The predicted molar refractivity (Wildman–Crippen MR) is 65.4 cm³/mol. The van der Waals surface area contributed by atoms with Crippen molar-refractivity contribution >= 4 is 0 Å². The van der Waals surface area contributed by atoms with Crippen LogP contribution in [0, 0.1) is 0 Å². The van der Waals surface area contributed by atoms with Crippen molar-refractivity contribution in [2.45, 2.75) is 26.0 Å². The number of nitrogens with two attached hydrogens (primary N) is 1. The van der Waals surface area contributed by atoms with Gasteiger partial charge in [0.05, 0.1) is 19.8 Å². The van der Waals surface area contributed by atoms with Crippen LogP contribution in [0.2, 0.25) is 0 Å². The molecule has 0 spiro atoms. The van der Waals surface area contributed by atoms with Crippen molar-refractivity contribution in [2.75, 3.05) is 19.8 Å². The van der Waals surface area contributed by atoms with Crippen LogP contribution < -0.4 is 15.2 Å². The van der Waals surface area contributed by atoms with E-state index in [9.17, 15) is 0 Å². The van der Waals surface area contributed by atoms with E-state index in [1.54, 1.807) is 0 Å². The van der Waals surface area contributed by atoms with Crippen molar-refractivity contribution in [3.8, 4) is 11.5 Å². The Bertz CT molecular complexity index is 362. The van der Waals surface area contributed by atoms with Crippen molar-refractivity contribution in [3.05, 3.63) is 23.8 Å². The third-order valence-electron chi connectivity index (χ3n) is 2.75. The lowest BCUT2D eigenvalue weighted by atomic mass is 10.2. The second-order valence-electron chi connectivity index (χ2n) is 3.98. The van der Waals surface area contributed by atoms with E-state index in [-0.39, 0.29) is 6.10 Å². The Balaban J connectivity index is 2.20. The highest BCUT2D eigenvalue weighted by molar-refractivity contribution is 5.46. The van der Waals surface area contributed by atoms with Crippen molar-refractivity contribution in [1.82, 2.24) is 0 Å². The SMILES string of the molecule is CCOc1cccc(CN)c1OC1CCOC1. The molecule has 1 aliphatic heterocycles. The number of hydrogen-bond acceptors (Lipinski definition) is 4. The summed E-state index contributed by atoms with van der Waals surface area (Å²) in [4.78, 5) is 0. The maximum Gasteiger partial charge on any atom is 0.166 e. The lowest BCUT2D eigenvalue weighted by Gasteiger charge is -2.18. The summed E-state index contributed by atoms with van der Waals surface area (Å²) in [5, 5.41) is 0. The first-order valence-corrected chi connectivity index (χ1v) is 6.04. The van der Waals surface area contributed by atoms with Gasteiger partial charge in [-0.2, -0.15) is 0 Å². The molecule has 0 aromatic heterocycles. The fourth-order valence-corrected chi connectivity index (χ4v) is 1.90. The highest BCUT2D eigenvalue weighted by atomic mass is 16.6. The number of benzene rings is 1. The molecule has 17 heavy (non-hydrogen) atoms. The number of ether oxygens (including phenoxy) is 3. The second-order valence-corrected chi connectivity index (χ2v) is 3.98. The maximum absolute atomic E-state index is 5.95. The molecule has 4 heteroatoms. The van der Waals surface area contributed by atoms with Gasteiger partial charge >= 0.3 is 0 Å². The van der Waals surface area contributed by atoms with Gasteiger partial charge in [0.2, 0.25) is 0 Å². The molecule has 0 saturated carbocycles. The summed E-state index contributed by atoms with van der Waals surface area (Å²) in [5.74, 6) is 1.54. The summed E-state index contributed by atoms with van der Waals surface area (Å²) in [5.41, 5.74) is 6.70. The van der Waals surface area contributed by atoms with Gasteiger partial charge in [0.25, 0.3) is 0 Å². The van der Waals surface area contributed by atoms with Crippen LogP contribution in [0.1, 0.15) is 18.9 Å². The normalized spacial score (nSPS) is 19.3. The molecule has 0 bridgehead atoms. The third kappa shape index (κ3) is 2.90. The smallest absolute Gasteiger partial charge is 0.166 e. The molecule has 1 aromatic rings. The zero-order valence-electron chi connectivity index (χ0n) is 10.1. The predicted octanol–water partition coefficient (Wildman–Crippen LogP) is 1.71. The summed E-state index contributed by atoms with van der Waals surface area (Å²) < 4.78 is 16.8. The van der Waals surface area contributed by atoms with Gasteiger partial charge < -0.3 is 19.9 Å². The Hall–Kier alpha value is -1.26. The monoisotopic (exact) mass is 237 g/mol. The summed E-state index contributed by atoms with van der Waals surface area (Å²) in [7, 11) is 0. The Morgan fingerprint density at radius 2 is 2.35 bits per heavy atom. The zero-order chi connectivity index (χ0) is 12.1. The number of hydrogen-bond donors (Lipinski definition) is 1. The van der Waals surface area contributed by atoms with Crippen LogP contribution in [-0.4, -0.2) is 25.9 Å². The quantitative estimate of drug-likeness (QED) is 0.847. The van der Waals surface area contributed by atoms with Crippen LogP contribution >= 0.6 is 0 Å². The molecular formula is C13H19NO3. The van der Waals surface area contributed by atoms with E-state index in [2.05, 4.69) is 0 Å². The highest BCUT2D eigenvalue weighted by Crippen LogP contribution is 2.33. The topological polar surface area (TPSA) is 53.7 Å². The fraction of sp³-hybridized carbons (Fsp3) is 0.538. The Kier molecular flexibility index (Phi) is 4.23. The largest absolute Gasteiger partial charge is 0.490 e. The van der Waals surface area contributed by atoms with Crippen LogP contribution in [0.5, 0.6) is 11.5 Å². The lowest BCUT2D eigenvalue weighted by Crippen LogP contribution is -2.18. The number of para-hydroxylation sites is 1. The van der Waals surface area contributed by atoms with E-state index in [1.807, 2.05) is 25.1 Å². The van der Waals surface area contributed by atoms with Gasteiger partial charge in [0, 0.05) is 18.5 Å². The van der Waals surface area contributed by atoms with Gasteiger partial charge in [0.15, 0.2) is 11.5 Å². The van der Waals surface area contributed by atoms with Gasteiger partial charge in [-0.05, 0) is 13.0 Å². The number of rotatable bonds is 5. The summed E-state index contributed by atoms with van der Waals surface area (Å²) in [6.07, 6.45) is 1.03. The Morgan fingerprint density at radius 1 is 1.47 bits per heavy atom. The first kappa shape index (κ1) is 12.2. The molecular weight excluding hydrogens is 218 g/mol. The molecule has 1 aliphatic rings. The zero-order valence-corrected chi connectivity index (χ0v) is 10.1. The molecule has 1 atom stereocenters. The van der Waals surface area contributed by atoms with Crippen LogP contribution in [0.25, 0.3) is 0 Å². The minimum Gasteiger partial charge on any atom is -0.490 e. The standard InChI is InChI=1S/C13H19NO3/c1-2-16-12-5-3-4-10(8-14)13(12)17-11-6-7-15-9-11/h3-5,11H,2,6-9,14H2,1H3. The first-order valence-electron chi connectivity index (χ1n) is 6.04. The van der Waals surface area contributed by atoms with Gasteiger partial charge in [-0.25, -0.2) is 0 Å². The van der Waals surface area contributed by atoms with Gasteiger partial charge in [0.1, 0.15) is 6.10 Å². The average molecular weight is 237 g/mol. The van der Waals surface area contributed by atoms with Gasteiger partial charge in [-0.15, -0.1) is 0 Å². The van der Waals surface area contributed by atoms with E-state index in [0.29, 0.717) is 19.8 Å². The van der Waals surface area contributed by atoms with E-state index >= 15 is 0 Å². The molecule has 0 radical (unpaired) electrons. The average Bonchev–Trinajstić information content (AvgIpc) is 2.84. The molecule has 4 nitrogen and oxygen atoms in total. The minimum atomic E-state index is 0.113. The summed E-state index contributed by atoms with van der Waals surface area (Å²) in [6.45, 7) is 4.43. The Morgan fingerprint density at radius 3 is 3.00 bits per heavy atom. The van der Waals surface area contributed by atoms with E-state index in [4.69, 9.17) is 19.9 Å². The lowest BCUT2D eigenvalue weighted by molar-refractivity contribution is 0.137. The first-order chi connectivity index (χ1) is 8.35. The Labute approximate surface area is 102 Å². The third-order valence-corrected chi connectivity index (χ3v) is 2.75. The fourth-order valence-electron chi connectivity index (χ4n) is 1.90. The van der Waals surface area contributed by atoms with E-state index < -0.39 is 0 Å². The van der Waals surface area contributed by atoms with Crippen LogP contribution in [0.3, 0.4) is 0 Å². The summed E-state index contributed by atoms with van der Waals surface area (Å²) >= 11 is 0. The van der Waals surface area contributed by atoms with Crippen molar-refractivity contribution in [3.63, 3.8) is 0 Å². The molecule has 0 amide bonds. The molecule has 0 aliphatic carbocycles. The van der Waals surface area contributed by atoms with Crippen molar-refractivity contribution < 1.29 is 14.2 Å². The molecule has 1 saturated heterocycles. The molecule has 2 rings (SSSR count). The second kappa shape index (κ2) is 5.89.